The molecule has 0 aromatic heterocycles. The molecule has 0 bridgehead atoms. The molecule has 0 saturated heterocycles. The molecule has 0 aliphatic carbocycles. The number of halogens is 1. The molecule has 18 heavy (non-hydrogen) atoms. The number of phenolic OH excluding ortho intramolecular Hbond substituents is 1. The second kappa shape index (κ2) is 5.67. The summed E-state index contributed by atoms with van der Waals surface area (Å²) in [5, 5.41) is 12.2. The van der Waals surface area contributed by atoms with Crippen LogP contribution in [0.4, 0.5) is 0 Å². The predicted octanol–water partition coefficient (Wildman–Crippen LogP) is 2.20. The highest BCUT2D eigenvalue weighted by Gasteiger charge is 2.22. The zero-order chi connectivity index (χ0) is 13.9. The van der Waals surface area contributed by atoms with Gasteiger partial charge in [-0.1, -0.05) is 26.1 Å². The van der Waals surface area contributed by atoms with E-state index >= 15 is 0 Å². The zero-order valence-corrected chi connectivity index (χ0v) is 12.6. The van der Waals surface area contributed by atoms with E-state index in [0.29, 0.717) is 21.6 Å². The maximum absolute atomic E-state index is 11.9. The predicted molar refractivity (Wildman–Crippen MR) is 78.7 cm³/mol. The number of carbonyl (C=O) groups is 1. The summed E-state index contributed by atoms with van der Waals surface area (Å²) < 4.78 is 0.544. The van der Waals surface area contributed by atoms with Crippen LogP contribution in [0.5, 0.6) is 5.75 Å². The third kappa shape index (κ3) is 3.68. The van der Waals surface area contributed by atoms with E-state index < -0.39 is 5.41 Å². The van der Waals surface area contributed by atoms with Crippen molar-refractivity contribution in [2.45, 2.75) is 13.8 Å². The zero-order valence-electron chi connectivity index (χ0n) is 10.2. The molecule has 0 heterocycles. The van der Waals surface area contributed by atoms with E-state index in [2.05, 4.69) is 21.2 Å². The van der Waals surface area contributed by atoms with Crippen molar-refractivity contribution in [1.82, 2.24) is 5.32 Å². The lowest BCUT2D eigenvalue weighted by molar-refractivity contribution is 0.0944. The molecule has 0 unspecified atom stereocenters. The monoisotopic (exact) mass is 330 g/mol. The van der Waals surface area contributed by atoms with Gasteiger partial charge in [-0.25, -0.2) is 0 Å². The number of thiocarbonyl (C=S) groups is 1. The van der Waals surface area contributed by atoms with Crippen molar-refractivity contribution in [3.05, 3.63) is 28.2 Å². The number of nitrogens with one attached hydrogen (secondary N) is 1. The summed E-state index contributed by atoms with van der Waals surface area (Å²) in [6.07, 6.45) is 0. The minimum Gasteiger partial charge on any atom is -0.507 e. The lowest BCUT2D eigenvalue weighted by Crippen LogP contribution is -2.41. The van der Waals surface area contributed by atoms with Crippen LogP contribution >= 0.6 is 28.1 Å². The first kappa shape index (κ1) is 14.9. The molecule has 0 spiro atoms. The molecule has 1 rings (SSSR count). The van der Waals surface area contributed by atoms with Gasteiger partial charge in [-0.15, -0.1) is 0 Å². The molecule has 98 valence electrons. The molecule has 0 saturated carbocycles. The molecule has 1 aromatic carbocycles. The summed E-state index contributed by atoms with van der Waals surface area (Å²) in [7, 11) is 0. The third-order valence-corrected chi connectivity index (χ3v) is 3.79. The van der Waals surface area contributed by atoms with E-state index in [-0.39, 0.29) is 11.7 Å². The van der Waals surface area contributed by atoms with Gasteiger partial charge in [0, 0.05) is 17.5 Å². The number of hydrogen-bond acceptors (Lipinski definition) is 3. The second-order valence-electron chi connectivity index (χ2n) is 4.60. The Labute approximate surface area is 120 Å². The lowest BCUT2D eigenvalue weighted by Gasteiger charge is -2.23. The molecule has 1 aromatic rings. The standard InChI is InChI=1S/C12H15BrN2O2S/c1-12(2,11(14)18)6-15-10(17)7-3-4-8(13)9(16)5-7/h3-5,16H,6H2,1-2H3,(H2,14,18)(H,15,17). The van der Waals surface area contributed by atoms with E-state index in [1.807, 2.05) is 13.8 Å². The van der Waals surface area contributed by atoms with Gasteiger partial charge in [-0.2, -0.15) is 0 Å². The number of phenols is 1. The second-order valence-corrected chi connectivity index (χ2v) is 5.89. The molecule has 0 fully saturated rings. The van der Waals surface area contributed by atoms with Crippen molar-refractivity contribution in [2.75, 3.05) is 6.54 Å². The minimum absolute atomic E-state index is 0.0243. The summed E-state index contributed by atoms with van der Waals surface area (Å²) in [4.78, 5) is 12.2. The first-order chi connectivity index (χ1) is 8.24. The van der Waals surface area contributed by atoms with Crippen molar-refractivity contribution in [2.24, 2.45) is 11.1 Å². The fraction of sp³-hybridized carbons (Fsp3) is 0.333. The van der Waals surface area contributed by atoms with Crippen molar-refractivity contribution >= 4 is 39.0 Å². The highest BCUT2D eigenvalue weighted by molar-refractivity contribution is 9.10. The van der Waals surface area contributed by atoms with Gasteiger partial charge < -0.3 is 16.2 Å². The van der Waals surface area contributed by atoms with Gasteiger partial charge in [0.25, 0.3) is 5.91 Å². The Morgan fingerprint density at radius 3 is 2.67 bits per heavy atom. The highest BCUT2D eigenvalue weighted by atomic mass is 79.9. The van der Waals surface area contributed by atoms with Crippen LogP contribution in [0.2, 0.25) is 0 Å². The van der Waals surface area contributed by atoms with Gasteiger partial charge in [0.15, 0.2) is 0 Å². The van der Waals surface area contributed by atoms with Crippen LogP contribution in [0.1, 0.15) is 24.2 Å². The van der Waals surface area contributed by atoms with Gasteiger partial charge in [-0.3, -0.25) is 4.79 Å². The Bertz CT molecular complexity index is 489. The molecule has 4 N–H and O–H groups in total. The minimum atomic E-state index is -0.442. The summed E-state index contributed by atoms with van der Waals surface area (Å²) in [5.41, 5.74) is 5.51. The van der Waals surface area contributed by atoms with Gasteiger partial charge in [0.2, 0.25) is 0 Å². The number of aromatic hydroxyl groups is 1. The average Bonchev–Trinajstić information content (AvgIpc) is 2.29. The van der Waals surface area contributed by atoms with E-state index in [0.717, 1.165) is 0 Å². The number of rotatable bonds is 4. The Balaban J connectivity index is 2.72. The molecule has 0 radical (unpaired) electrons. The molecule has 6 heteroatoms. The quantitative estimate of drug-likeness (QED) is 0.740. The molecular weight excluding hydrogens is 316 g/mol. The van der Waals surface area contributed by atoms with Crippen LogP contribution in [0.3, 0.4) is 0 Å². The Kier molecular flexibility index (Phi) is 4.70. The molecular formula is C12H15BrN2O2S. The van der Waals surface area contributed by atoms with E-state index in [1.54, 1.807) is 12.1 Å². The smallest absolute Gasteiger partial charge is 0.251 e. The van der Waals surface area contributed by atoms with Gasteiger partial charge >= 0.3 is 0 Å². The summed E-state index contributed by atoms with van der Waals surface area (Å²) in [6.45, 7) is 4.06. The lowest BCUT2D eigenvalue weighted by atomic mass is 9.93. The van der Waals surface area contributed by atoms with Gasteiger partial charge in [0.05, 0.1) is 9.46 Å². The van der Waals surface area contributed by atoms with Crippen LogP contribution in [0.25, 0.3) is 0 Å². The SMILES string of the molecule is CC(C)(CNC(=O)c1ccc(Br)c(O)c1)C(N)=S. The van der Waals surface area contributed by atoms with Crippen LogP contribution in [-0.2, 0) is 0 Å². The largest absolute Gasteiger partial charge is 0.507 e. The van der Waals surface area contributed by atoms with Crippen LogP contribution in [0.15, 0.2) is 22.7 Å². The average molecular weight is 331 g/mol. The molecule has 0 aliphatic rings. The van der Waals surface area contributed by atoms with Gasteiger partial charge in [-0.05, 0) is 34.1 Å². The maximum atomic E-state index is 11.9. The van der Waals surface area contributed by atoms with Gasteiger partial charge in [0.1, 0.15) is 5.75 Å². The summed E-state index contributed by atoms with van der Waals surface area (Å²) >= 11 is 8.07. The Hall–Kier alpha value is -1.14. The van der Waals surface area contributed by atoms with Crippen molar-refractivity contribution in [1.29, 1.82) is 0 Å². The van der Waals surface area contributed by atoms with Crippen LogP contribution < -0.4 is 11.1 Å². The van der Waals surface area contributed by atoms with Crippen LogP contribution in [-0.4, -0.2) is 22.5 Å². The van der Waals surface area contributed by atoms with Crippen molar-refractivity contribution in [3.63, 3.8) is 0 Å². The Morgan fingerprint density at radius 1 is 1.56 bits per heavy atom. The summed E-state index contributed by atoms with van der Waals surface area (Å²) in [5.74, 6) is -0.251. The normalized spacial score (nSPS) is 11.1. The van der Waals surface area contributed by atoms with E-state index in [9.17, 15) is 9.90 Å². The number of amides is 1. The highest BCUT2D eigenvalue weighted by Crippen LogP contribution is 2.24. The molecule has 1 amide bonds. The molecule has 0 atom stereocenters. The van der Waals surface area contributed by atoms with E-state index in [1.165, 1.54) is 6.07 Å². The first-order valence-electron chi connectivity index (χ1n) is 5.30. The number of benzene rings is 1. The Morgan fingerprint density at radius 2 is 2.17 bits per heavy atom. The summed E-state index contributed by atoms with van der Waals surface area (Å²) in [6, 6.07) is 4.63. The number of carbonyl (C=O) groups excluding carboxylic acids is 1. The maximum Gasteiger partial charge on any atom is 0.251 e. The fourth-order valence-electron chi connectivity index (χ4n) is 1.14. The third-order valence-electron chi connectivity index (χ3n) is 2.57. The topological polar surface area (TPSA) is 75.3 Å². The first-order valence-corrected chi connectivity index (χ1v) is 6.51. The van der Waals surface area contributed by atoms with E-state index in [4.69, 9.17) is 18.0 Å². The molecule has 0 aliphatic heterocycles. The molecule has 4 nitrogen and oxygen atoms in total. The van der Waals surface area contributed by atoms with Crippen molar-refractivity contribution in [3.8, 4) is 5.75 Å². The number of nitrogens with two attached hydrogens (primary N) is 1. The fourth-order valence-corrected chi connectivity index (χ4v) is 1.46. The number of hydrogen-bond donors (Lipinski definition) is 3. The van der Waals surface area contributed by atoms with Crippen LogP contribution in [0, 0.1) is 5.41 Å². The van der Waals surface area contributed by atoms with Crippen molar-refractivity contribution < 1.29 is 9.90 Å².